The fourth-order valence-electron chi connectivity index (χ4n) is 0.699. The van der Waals surface area contributed by atoms with Gasteiger partial charge in [-0.3, -0.25) is 4.84 Å². The van der Waals surface area contributed by atoms with Gasteiger partial charge >= 0.3 is 12.1 Å². The molecule has 0 unspecified atom stereocenters. The Morgan fingerprint density at radius 2 is 1.93 bits per heavy atom. The number of aliphatic carboxylic acids is 1. The highest BCUT2D eigenvalue weighted by Gasteiger charge is 2.32. The minimum absolute atomic E-state index is 0.278. The molecule has 0 fully saturated rings. The summed E-state index contributed by atoms with van der Waals surface area (Å²) in [6, 6.07) is 0. The Hall–Kier alpha value is -1.30. The van der Waals surface area contributed by atoms with E-state index in [9.17, 15) is 9.59 Å². The summed E-state index contributed by atoms with van der Waals surface area (Å²) in [5.74, 6) is -1.15. The molecule has 0 rings (SSSR count). The number of hydroxylamine groups is 2. The number of hydrogen-bond donors (Lipinski definition) is 1. The molecule has 1 N–H and O–H groups in total. The molecular weight excluding hydrogens is 202 g/mol. The number of hydrogen-bond acceptors (Lipinski definition) is 4. The van der Waals surface area contributed by atoms with Gasteiger partial charge in [-0.15, -0.1) is 0 Å². The second-order valence-electron chi connectivity index (χ2n) is 3.52. The number of carboxylic acids is 1. The van der Waals surface area contributed by atoms with Crippen LogP contribution in [-0.4, -0.2) is 41.5 Å². The Labute approximate surface area is 88.7 Å². The summed E-state index contributed by atoms with van der Waals surface area (Å²) in [6.45, 7) is 4.83. The largest absolute Gasteiger partial charge is 0.479 e. The summed E-state index contributed by atoms with van der Waals surface area (Å²) in [7, 11) is 1.31. The van der Waals surface area contributed by atoms with Gasteiger partial charge < -0.3 is 9.84 Å². The Morgan fingerprint density at radius 3 is 2.33 bits per heavy atom. The Morgan fingerprint density at radius 1 is 1.40 bits per heavy atom. The maximum absolute atomic E-state index is 11.2. The van der Waals surface area contributed by atoms with E-state index >= 15 is 0 Å². The van der Waals surface area contributed by atoms with Crippen LogP contribution in [-0.2, 0) is 14.4 Å². The number of ether oxygens (including phenoxy) is 1. The maximum Gasteiger partial charge on any atom is 0.433 e. The molecule has 0 bridgehead atoms. The van der Waals surface area contributed by atoms with Crippen molar-refractivity contribution in [3.05, 3.63) is 0 Å². The van der Waals surface area contributed by atoms with E-state index < -0.39 is 17.7 Å². The van der Waals surface area contributed by atoms with Crippen molar-refractivity contribution in [3.63, 3.8) is 0 Å². The number of carbonyl (C=O) groups excluding carboxylic acids is 1. The molecule has 15 heavy (non-hydrogen) atoms. The second kappa shape index (κ2) is 5.55. The Bertz CT molecular complexity index is 239. The standard InChI is InChI=1S/C9H17NO5/c1-5-6-14-8(13)10(4)15-9(2,3)7(11)12/h5-6H2,1-4H3,(H,11,12). The van der Waals surface area contributed by atoms with Crippen molar-refractivity contribution in [3.8, 4) is 0 Å². The fraction of sp³-hybridized carbons (Fsp3) is 0.778. The van der Waals surface area contributed by atoms with Gasteiger partial charge in [0.2, 0.25) is 0 Å². The van der Waals surface area contributed by atoms with E-state index in [0.717, 1.165) is 5.06 Å². The van der Waals surface area contributed by atoms with Crippen LogP contribution in [0, 0.1) is 0 Å². The number of carbonyl (C=O) groups is 2. The molecule has 88 valence electrons. The Kier molecular flexibility index (Phi) is 5.07. The third-order valence-corrected chi connectivity index (χ3v) is 1.57. The highest BCUT2D eigenvalue weighted by atomic mass is 16.7. The maximum atomic E-state index is 11.2. The molecule has 0 aliphatic rings. The third-order valence-electron chi connectivity index (χ3n) is 1.57. The van der Waals surface area contributed by atoms with Crippen molar-refractivity contribution < 1.29 is 24.3 Å². The molecule has 0 aromatic rings. The van der Waals surface area contributed by atoms with Crippen LogP contribution in [0.3, 0.4) is 0 Å². The van der Waals surface area contributed by atoms with Crippen LogP contribution in [0.4, 0.5) is 4.79 Å². The summed E-state index contributed by atoms with van der Waals surface area (Å²) in [5.41, 5.74) is -1.46. The van der Waals surface area contributed by atoms with Gasteiger partial charge in [0.05, 0.1) is 6.61 Å². The van der Waals surface area contributed by atoms with Crippen molar-refractivity contribution in [2.45, 2.75) is 32.8 Å². The van der Waals surface area contributed by atoms with Crippen molar-refractivity contribution in [1.29, 1.82) is 0 Å². The van der Waals surface area contributed by atoms with Crippen LogP contribution in [0.2, 0.25) is 0 Å². The van der Waals surface area contributed by atoms with Gasteiger partial charge in [-0.05, 0) is 20.3 Å². The summed E-state index contributed by atoms with van der Waals surface area (Å²) in [4.78, 5) is 26.8. The lowest BCUT2D eigenvalue weighted by Gasteiger charge is -2.25. The zero-order valence-electron chi connectivity index (χ0n) is 9.44. The molecule has 0 atom stereocenters. The number of rotatable bonds is 5. The SMILES string of the molecule is CCCOC(=O)N(C)OC(C)(C)C(=O)O. The molecule has 0 saturated heterocycles. The smallest absolute Gasteiger partial charge is 0.433 e. The first-order valence-electron chi connectivity index (χ1n) is 4.64. The van der Waals surface area contributed by atoms with Crippen molar-refractivity contribution >= 4 is 12.1 Å². The highest BCUT2D eigenvalue weighted by molar-refractivity contribution is 5.76. The predicted molar refractivity (Wildman–Crippen MR) is 52.2 cm³/mol. The lowest BCUT2D eigenvalue weighted by Crippen LogP contribution is -2.43. The molecule has 0 radical (unpaired) electrons. The van der Waals surface area contributed by atoms with Gasteiger partial charge in [0.25, 0.3) is 0 Å². The van der Waals surface area contributed by atoms with Crippen LogP contribution in [0.15, 0.2) is 0 Å². The molecule has 0 aromatic heterocycles. The molecule has 0 heterocycles. The zero-order valence-corrected chi connectivity index (χ0v) is 9.44. The van der Waals surface area contributed by atoms with Crippen LogP contribution in [0.1, 0.15) is 27.2 Å². The van der Waals surface area contributed by atoms with Crippen LogP contribution in [0.5, 0.6) is 0 Å². The second-order valence-corrected chi connectivity index (χ2v) is 3.52. The van der Waals surface area contributed by atoms with E-state index in [2.05, 4.69) is 0 Å². The first kappa shape index (κ1) is 13.7. The molecule has 0 aliphatic heterocycles. The molecule has 0 saturated carbocycles. The first-order valence-corrected chi connectivity index (χ1v) is 4.64. The van der Waals surface area contributed by atoms with Gasteiger partial charge in [-0.1, -0.05) is 6.92 Å². The fourth-order valence-corrected chi connectivity index (χ4v) is 0.699. The van der Waals surface area contributed by atoms with Gasteiger partial charge in [-0.25, -0.2) is 9.59 Å². The molecule has 0 spiro atoms. The molecule has 0 aromatic carbocycles. The average molecular weight is 219 g/mol. The highest BCUT2D eigenvalue weighted by Crippen LogP contribution is 2.11. The van der Waals surface area contributed by atoms with E-state index in [-0.39, 0.29) is 6.61 Å². The van der Waals surface area contributed by atoms with E-state index in [1.54, 1.807) is 0 Å². The monoisotopic (exact) mass is 219 g/mol. The topological polar surface area (TPSA) is 76.1 Å². The molecule has 0 aliphatic carbocycles. The summed E-state index contributed by atoms with van der Waals surface area (Å²) >= 11 is 0. The van der Waals surface area contributed by atoms with Gasteiger partial charge in [0, 0.05) is 7.05 Å². The predicted octanol–water partition coefficient (Wildman–Crippen LogP) is 1.26. The Balaban J connectivity index is 4.17. The zero-order chi connectivity index (χ0) is 12.1. The van der Waals surface area contributed by atoms with Gasteiger partial charge in [-0.2, -0.15) is 5.06 Å². The number of amides is 1. The van der Waals surface area contributed by atoms with Crippen molar-refractivity contribution in [2.24, 2.45) is 0 Å². The quantitative estimate of drug-likeness (QED) is 0.704. The molecule has 6 nitrogen and oxygen atoms in total. The van der Waals surface area contributed by atoms with Crippen LogP contribution >= 0.6 is 0 Å². The first-order chi connectivity index (χ1) is 6.81. The summed E-state index contributed by atoms with van der Waals surface area (Å²) in [6.07, 6.45) is -0.00628. The average Bonchev–Trinajstić information content (AvgIpc) is 2.13. The molecule has 6 heteroatoms. The van der Waals surface area contributed by atoms with Crippen molar-refractivity contribution in [2.75, 3.05) is 13.7 Å². The van der Waals surface area contributed by atoms with Crippen LogP contribution in [0.25, 0.3) is 0 Å². The van der Waals surface area contributed by atoms with E-state index in [0.29, 0.717) is 6.42 Å². The molecular formula is C9H17NO5. The lowest BCUT2D eigenvalue weighted by atomic mass is 10.1. The summed E-state index contributed by atoms with van der Waals surface area (Å²) < 4.78 is 4.75. The lowest BCUT2D eigenvalue weighted by molar-refractivity contribution is -0.214. The molecule has 1 amide bonds. The van der Waals surface area contributed by atoms with E-state index in [4.69, 9.17) is 14.7 Å². The number of carboxylic acid groups (broad SMARTS) is 1. The minimum Gasteiger partial charge on any atom is -0.479 e. The van der Waals surface area contributed by atoms with E-state index in [1.807, 2.05) is 6.92 Å². The van der Waals surface area contributed by atoms with Gasteiger partial charge in [0.15, 0.2) is 5.60 Å². The third kappa shape index (κ3) is 4.64. The van der Waals surface area contributed by atoms with Crippen molar-refractivity contribution in [1.82, 2.24) is 5.06 Å². The summed E-state index contributed by atoms with van der Waals surface area (Å²) in [5, 5.41) is 9.53. The van der Waals surface area contributed by atoms with E-state index in [1.165, 1.54) is 20.9 Å². The normalized spacial score (nSPS) is 10.9. The number of nitrogens with zero attached hydrogens (tertiary/aromatic N) is 1. The van der Waals surface area contributed by atoms with Crippen LogP contribution < -0.4 is 0 Å². The van der Waals surface area contributed by atoms with Gasteiger partial charge in [0.1, 0.15) is 0 Å². The minimum atomic E-state index is -1.46.